The molecule has 0 atom stereocenters. The first-order valence-corrected chi connectivity index (χ1v) is 6.63. The van der Waals surface area contributed by atoms with E-state index in [2.05, 4.69) is 0 Å². The van der Waals surface area contributed by atoms with Crippen LogP contribution in [0.25, 0.3) is 11.3 Å². The van der Waals surface area contributed by atoms with Gasteiger partial charge in [0.2, 0.25) is 0 Å². The highest BCUT2D eigenvalue weighted by Crippen LogP contribution is 2.21. The molecule has 0 N–H and O–H groups in total. The van der Waals surface area contributed by atoms with Crippen molar-refractivity contribution in [2.45, 2.75) is 20.4 Å². The third kappa shape index (κ3) is 2.64. The molecule has 0 amide bonds. The van der Waals surface area contributed by atoms with E-state index >= 15 is 0 Å². The molecule has 2 aromatic rings. The van der Waals surface area contributed by atoms with Crippen molar-refractivity contribution >= 4 is 6.29 Å². The quantitative estimate of drug-likeness (QED) is 0.786. The molecule has 0 unspecified atom stereocenters. The molecule has 104 valence electrons. The van der Waals surface area contributed by atoms with Gasteiger partial charge >= 0.3 is 0 Å². The fraction of sp³-hybridized carbons (Fsp3) is 0.250. The number of aldehydes is 1. The zero-order valence-electron chi connectivity index (χ0n) is 11.6. The smallest absolute Gasteiger partial charge is 0.261 e. The lowest BCUT2D eigenvalue weighted by atomic mass is 10.1. The van der Waals surface area contributed by atoms with E-state index in [4.69, 9.17) is 4.74 Å². The number of carbonyl (C=O) groups is 1. The number of nitrogens with zero attached hydrogens (tertiary/aromatic N) is 1. The van der Waals surface area contributed by atoms with E-state index in [1.54, 1.807) is 16.7 Å². The molecule has 0 fully saturated rings. The lowest BCUT2D eigenvalue weighted by Gasteiger charge is -2.12. The third-order valence-electron chi connectivity index (χ3n) is 3.11. The number of aromatic nitrogens is 1. The van der Waals surface area contributed by atoms with Crippen LogP contribution in [-0.4, -0.2) is 17.5 Å². The highest BCUT2D eigenvalue weighted by Gasteiger charge is 2.08. The van der Waals surface area contributed by atoms with Crippen molar-refractivity contribution in [3.05, 3.63) is 52.3 Å². The number of ether oxygens (including phenoxy) is 1. The summed E-state index contributed by atoms with van der Waals surface area (Å²) in [5, 5.41) is 0. The first kappa shape index (κ1) is 14.1. The Morgan fingerprint density at radius 1 is 1.10 bits per heavy atom. The van der Waals surface area contributed by atoms with Crippen LogP contribution in [0.2, 0.25) is 0 Å². The van der Waals surface area contributed by atoms with Crippen molar-refractivity contribution in [1.82, 2.24) is 4.57 Å². The van der Waals surface area contributed by atoms with Crippen LogP contribution >= 0.6 is 0 Å². The molecule has 0 saturated carbocycles. The predicted octanol–water partition coefficient (Wildman–Crippen LogP) is 2.75. The van der Waals surface area contributed by atoms with E-state index in [9.17, 15) is 9.59 Å². The summed E-state index contributed by atoms with van der Waals surface area (Å²) in [6.07, 6.45) is 0.594. The third-order valence-corrected chi connectivity index (χ3v) is 3.11. The molecule has 4 nitrogen and oxygen atoms in total. The van der Waals surface area contributed by atoms with Crippen LogP contribution in [0.3, 0.4) is 0 Å². The van der Waals surface area contributed by atoms with Gasteiger partial charge in [0.25, 0.3) is 5.56 Å². The Bertz CT molecular complexity index is 656. The van der Waals surface area contributed by atoms with Gasteiger partial charge in [0, 0.05) is 6.54 Å². The topological polar surface area (TPSA) is 48.3 Å². The van der Waals surface area contributed by atoms with Gasteiger partial charge in [-0.15, -0.1) is 0 Å². The highest BCUT2D eigenvalue weighted by molar-refractivity contribution is 5.75. The number of carbonyl (C=O) groups excluding carboxylic acids is 1. The van der Waals surface area contributed by atoms with Crippen LogP contribution in [0.5, 0.6) is 5.75 Å². The van der Waals surface area contributed by atoms with Crippen molar-refractivity contribution in [2.24, 2.45) is 0 Å². The molecule has 0 bridgehead atoms. The molecule has 0 saturated heterocycles. The van der Waals surface area contributed by atoms with Gasteiger partial charge < -0.3 is 9.30 Å². The minimum absolute atomic E-state index is 0.182. The van der Waals surface area contributed by atoms with Crippen LogP contribution in [0, 0.1) is 0 Å². The molecule has 0 spiro atoms. The van der Waals surface area contributed by atoms with Crippen molar-refractivity contribution < 1.29 is 9.53 Å². The normalized spacial score (nSPS) is 10.3. The number of benzene rings is 1. The van der Waals surface area contributed by atoms with Crippen molar-refractivity contribution in [3.63, 3.8) is 0 Å². The molecule has 0 aliphatic heterocycles. The molecule has 0 radical (unpaired) electrons. The maximum Gasteiger partial charge on any atom is 0.261 e. The van der Waals surface area contributed by atoms with Gasteiger partial charge in [-0.2, -0.15) is 0 Å². The number of rotatable bonds is 5. The maximum atomic E-state index is 12.1. The lowest BCUT2D eigenvalue weighted by molar-refractivity contribution is 0.112. The average molecular weight is 271 g/mol. The Labute approximate surface area is 117 Å². The molecule has 20 heavy (non-hydrogen) atoms. The number of pyridine rings is 1. The van der Waals surface area contributed by atoms with Crippen LogP contribution in [-0.2, 0) is 6.54 Å². The lowest BCUT2D eigenvalue weighted by Crippen LogP contribution is -2.24. The van der Waals surface area contributed by atoms with Crippen molar-refractivity contribution in [1.29, 1.82) is 0 Å². The van der Waals surface area contributed by atoms with Crippen molar-refractivity contribution in [2.75, 3.05) is 6.61 Å². The summed E-state index contributed by atoms with van der Waals surface area (Å²) in [6.45, 7) is 4.95. The van der Waals surface area contributed by atoms with E-state index in [1.807, 2.05) is 38.1 Å². The molecular weight excluding hydrogens is 254 g/mol. The molecule has 0 aliphatic rings. The largest absolute Gasteiger partial charge is 0.494 e. The summed E-state index contributed by atoms with van der Waals surface area (Å²) in [4.78, 5) is 22.9. The average Bonchev–Trinajstić information content (AvgIpc) is 2.48. The molecule has 2 rings (SSSR count). The Hall–Kier alpha value is -2.36. The van der Waals surface area contributed by atoms with Crippen LogP contribution in [0.1, 0.15) is 24.2 Å². The van der Waals surface area contributed by atoms with Gasteiger partial charge in [0.15, 0.2) is 6.29 Å². The summed E-state index contributed by atoms with van der Waals surface area (Å²) in [5.74, 6) is 0.797. The second kappa shape index (κ2) is 6.19. The molecule has 1 aromatic heterocycles. The van der Waals surface area contributed by atoms with Crippen LogP contribution in [0.4, 0.5) is 0 Å². The zero-order chi connectivity index (χ0) is 14.5. The summed E-state index contributed by atoms with van der Waals surface area (Å²) in [7, 11) is 0. The van der Waals surface area contributed by atoms with Crippen LogP contribution in [0.15, 0.2) is 41.2 Å². The minimum Gasteiger partial charge on any atom is -0.494 e. The second-order valence-corrected chi connectivity index (χ2v) is 4.30. The maximum absolute atomic E-state index is 12.1. The van der Waals surface area contributed by atoms with E-state index in [1.165, 1.54) is 0 Å². The summed E-state index contributed by atoms with van der Waals surface area (Å²) < 4.78 is 7.00. The zero-order valence-corrected chi connectivity index (χ0v) is 11.6. The van der Waals surface area contributed by atoms with Gasteiger partial charge in [-0.25, -0.2) is 0 Å². The van der Waals surface area contributed by atoms with Gasteiger partial charge in [-0.3, -0.25) is 9.59 Å². The van der Waals surface area contributed by atoms with Crippen molar-refractivity contribution in [3.8, 4) is 17.0 Å². The highest BCUT2D eigenvalue weighted by atomic mass is 16.5. The van der Waals surface area contributed by atoms with Crippen LogP contribution < -0.4 is 10.3 Å². The molecule has 1 heterocycles. The SMILES string of the molecule is CCOc1ccc(-c2ccc(C=O)c(=O)n2CC)cc1. The first-order valence-electron chi connectivity index (χ1n) is 6.63. The fourth-order valence-corrected chi connectivity index (χ4v) is 2.14. The number of hydrogen-bond acceptors (Lipinski definition) is 3. The standard InChI is InChI=1S/C16H17NO3/c1-3-17-15(10-7-13(11-18)16(17)19)12-5-8-14(9-6-12)20-4-2/h5-11H,3-4H2,1-2H3. The van der Waals surface area contributed by atoms with Gasteiger partial charge in [-0.05, 0) is 55.8 Å². The van der Waals surface area contributed by atoms with E-state index in [0.29, 0.717) is 19.4 Å². The Morgan fingerprint density at radius 3 is 2.35 bits per heavy atom. The minimum atomic E-state index is -0.256. The van der Waals surface area contributed by atoms with E-state index in [0.717, 1.165) is 17.0 Å². The van der Waals surface area contributed by atoms with E-state index < -0.39 is 0 Å². The molecule has 1 aromatic carbocycles. The predicted molar refractivity (Wildman–Crippen MR) is 78.4 cm³/mol. The monoisotopic (exact) mass is 271 g/mol. The second-order valence-electron chi connectivity index (χ2n) is 4.30. The first-order chi connectivity index (χ1) is 9.71. The summed E-state index contributed by atoms with van der Waals surface area (Å²) in [5.41, 5.74) is 1.64. The Kier molecular flexibility index (Phi) is 4.35. The summed E-state index contributed by atoms with van der Waals surface area (Å²) in [6, 6.07) is 10.9. The molecule has 0 aliphatic carbocycles. The molecular formula is C16H17NO3. The Balaban J connectivity index is 2.49. The molecule has 4 heteroatoms. The van der Waals surface area contributed by atoms with Gasteiger partial charge in [-0.1, -0.05) is 0 Å². The fourth-order valence-electron chi connectivity index (χ4n) is 2.14. The van der Waals surface area contributed by atoms with E-state index in [-0.39, 0.29) is 11.1 Å². The summed E-state index contributed by atoms with van der Waals surface area (Å²) >= 11 is 0. The van der Waals surface area contributed by atoms with Gasteiger partial charge in [0.1, 0.15) is 5.75 Å². The van der Waals surface area contributed by atoms with Gasteiger partial charge in [0.05, 0.1) is 17.9 Å². The number of hydrogen-bond donors (Lipinski definition) is 0. The Morgan fingerprint density at radius 2 is 1.80 bits per heavy atom.